The number of piperazine rings is 1. The molecule has 6 heteroatoms. The first-order chi connectivity index (χ1) is 9.60. The fraction of sp³-hybridized carbons (Fsp3) is 0.643. The lowest BCUT2D eigenvalue weighted by Gasteiger charge is -2.35. The minimum atomic E-state index is -0.146. The second-order valence-corrected chi connectivity index (χ2v) is 5.05. The maximum atomic E-state index is 11.1. The molecular weight excluding hydrogens is 256 g/mol. The van der Waals surface area contributed by atoms with Crippen LogP contribution in [0.25, 0.3) is 0 Å². The maximum absolute atomic E-state index is 11.1. The van der Waals surface area contributed by atoms with E-state index in [9.17, 15) is 4.79 Å². The van der Waals surface area contributed by atoms with Gasteiger partial charge in [-0.3, -0.25) is 14.7 Å². The first kappa shape index (κ1) is 14.7. The summed E-state index contributed by atoms with van der Waals surface area (Å²) in [5.74, 6) is 0.799. The van der Waals surface area contributed by atoms with E-state index >= 15 is 0 Å². The molecule has 0 amide bonds. The minimum absolute atomic E-state index is 0.146. The van der Waals surface area contributed by atoms with Crippen molar-refractivity contribution in [3.63, 3.8) is 0 Å². The van der Waals surface area contributed by atoms with Gasteiger partial charge in [0, 0.05) is 32.7 Å². The quantitative estimate of drug-likeness (QED) is 0.759. The van der Waals surface area contributed by atoms with E-state index in [-0.39, 0.29) is 5.97 Å². The van der Waals surface area contributed by atoms with Crippen molar-refractivity contribution in [3.05, 3.63) is 17.6 Å². The second kappa shape index (κ2) is 6.65. The summed E-state index contributed by atoms with van der Waals surface area (Å²) in [5.41, 5.74) is 1.96. The molecule has 0 aromatic carbocycles. The normalized spacial score (nSPS) is 16.2. The molecule has 2 heterocycles. The van der Waals surface area contributed by atoms with E-state index in [0.29, 0.717) is 6.42 Å². The highest BCUT2D eigenvalue weighted by atomic mass is 16.5. The van der Waals surface area contributed by atoms with E-state index in [1.54, 1.807) is 0 Å². The highest BCUT2D eigenvalue weighted by Crippen LogP contribution is 2.14. The fourth-order valence-electron chi connectivity index (χ4n) is 2.23. The van der Waals surface area contributed by atoms with E-state index in [1.807, 2.05) is 20.0 Å². The molecule has 0 radical (unpaired) electrons. The molecule has 0 atom stereocenters. The predicted octanol–water partition coefficient (Wildman–Crippen LogP) is 0.779. The summed E-state index contributed by atoms with van der Waals surface area (Å²) in [6, 6.07) is 0. The summed E-state index contributed by atoms with van der Waals surface area (Å²) in [7, 11) is 1.43. The summed E-state index contributed by atoms with van der Waals surface area (Å²) < 4.78 is 4.66. The van der Waals surface area contributed by atoms with Crippen molar-refractivity contribution < 1.29 is 9.53 Å². The summed E-state index contributed by atoms with van der Waals surface area (Å²) in [6.45, 7) is 8.42. The van der Waals surface area contributed by atoms with Gasteiger partial charge in [0.15, 0.2) is 0 Å². The molecule has 110 valence electrons. The monoisotopic (exact) mass is 278 g/mol. The maximum Gasteiger partial charge on any atom is 0.306 e. The molecule has 20 heavy (non-hydrogen) atoms. The van der Waals surface area contributed by atoms with Crippen molar-refractivity contribution in [3.8, 4) is 0 Å². The number of carbonyl (C=O) groups is 1. The Morgan fingerprint density at radius 2 is 1.95 bits per heavy atom. The Balaban J connectivity index is 1.84. The predicted molar refractivity (Wildman–Crippen MR) is 76.8 cm³/mol. The SMILES string of the molecule is COC(=O)CCN1CCN(c2cnc(C)c(C)n2)CC1. The number of aryl methyl sites for hydroxylation is 2. The average Bonchev–Trinajstić information content (AvgIpc) is 2.48. The second-order valence-electron chi connectivity index (χ2n) is 5.05. The van der Waals surface area contributed by atoms with Crippen LogP contribution in [0.1, 0.15) is 17.8 Å². The number of methoxy groups -OCH3 is 1. The first-order valence-corrected chi connectivity index (χ1v) is 6.94. The van der Waals surface area contributed by atoms with Crippen molar-refractivity contribution in [2.45, 2.75) is 20.3 Å². The number of carbonyl (C=O) groups excluding carboxylic acids is 1. The van der Waals surface area contributed by atoms with Gasteiger partial charge in [-0.05, 0) is 13.8 Å². The van der Waals surface area contributed by atoms with E-state index in [4.69, 9.17) is 0 Å². The Bertz CT molecular complexity index is 470. The van der Waals surface area contributed by atoms with E-state index in [0.717, 1.165) is 49.9 Å². The number of rotatable bonds is 4. The third-order valence-corrected chi connectivity index (χ3v) is 3.74. The van der Waals surface area contributed by atoms with Gasteiger partial charge in [0.1, 0.15) is 5.82 Å². The van der Waals surface area contributed by atoms with Gasteiger partial charge in [-0.25, -0.2) is 4.98 Å². The van der Waals surface area contributed by atoms with Crippen molar-refractivity contribution in [2.24, 2.45) is 0 Å². The molecular formula is C14H22N4O2. The van der Waals surface area contributed by atoms with Gasteiger partial charge in [-0.15, -0.1) is 0 Å². The molecule has 0 spiro atoms. The van der Waals surface area contributed by atoms with Gasteiger partial charge < -0.3 is 9.64 Å². The molecule has 0 bridgehead atoms. The average molecular weight is 278 g/mol. The lowest BCUT2D eigenvalue weighted by molar-refractivity contribution is -0.141. The number of nitrogens with zero attached hydrogens (tertiary/aromatic N) is 4. The minimum Gasteiger partial charge on any atom is -0.469 e. The van der Waals surface area contributed by atoms with Crippen LogP contribution >= 0.6 is 0 Å². The highest BCUT2D eigenvalue weighted by molar-refractivity contribution is 5.69. The molecule has 0 aliphatic carbocycles. The Labute approximate surface area is 119 Å². The summed E-state index contributed by atoms with van der Waals surface area (Å²) in [5, 5.41) is 0. The number of ether oxygens (including phenoxy) is 1. The van der Waals surface area contributed by atoms with Gasteiger partial charge in [0.25, 0.3) is 0 Å². The fourth-order valence-corrected chi connectivity index (χ4v) is 2.23. The number of hydrogen-bond donors (Lipinski definition) is 0. The third-order valence-electron chi connectivity index (χ3n) is 3.74. The van der Waals surface area contributed by atoms with Gasteiger partial charge in [0.2, 0.25) is 0 Å². The lowest BCUT2D eigenvalue weighted by atomic mass is 10.3. The summed E-state index contributed by atoms with van der Waals surface area (Å²) >= 11 is 0. The molecule has 0 unspecified atom stereocenters. The highest BCUT2D eigenvalue weighted by Gasteiger charge is 2.19. The van der Waals surface area contributed by atoms with Crippen LogP contribution in [0.2, 0.25) is 0 Å². The number of aromatic nitrogens is 2. The number of hydrogen-bond acceptors (Lipinski definition) is 6. The Kier molecular flexibility index (Phi) is 4.89. The van der Waals surface area contributed by atoms with Crippen LogP contribution in [0.4, 0.5) is 5.82 Å². The molecule has 0 saturated carbocycles. The van der Waals surface area contributed by atoms with Crippen LogP contribution in [0.3, 0.4) is 0 Å². The van der Waals surface area contributed by atoms with Crippen LogP contribution < -0.4 is 4.90 Å². The molecule has 1 aromatic rings. The standard InChI is InChI=1S/C14H22N4O2/c1-11-12(2)16-13(10-15-11)18-8-6-17(7-9-18)5-4-14(19)20-3/h10H,4-9H2,1-3H3. The molecule has 2 rings (SSSR count). The van der Waals surface area contributed by atoms with Crippen LogP contribution in [0.15, 0.2) is 6.20 Å². The smallest absolute Gasteiger partial charge is 0.306 e. The Morgan fingerprint density at radius 3 is 2.55 bits per heavy atom. The van der Waals surface area contributed by atoms with Crippen molar-refractivity contribution in [2.75, 3.05) is 44.7 Å². The topological polar surface area (TPSA) is 58.6 Å². The zero-order valence-corrected chi connectivity index (χ0v) is 12.4. The summed E-state index contributed by atoms with van der Waals surface area (Å²) in [4.78, 5) is 24.6. The van der Waals surface area contributed by atoms with Gasteiger partial charge >= 0.3 is 5.97 Å². The van der Waals surface area contributed by atoms with Gasteiger partial charge in [-0.1, -0.05) is 0 Å². The van der Waals surface area contributed by atoms with Crippen LogP contribution in [-0.2, 0) is 9.53 Å². The molecule has 1 fully saturated rings. The van der Waals surface area contributed by atoms with Crippen LogP contribution in [-0.4, -0.2) is 60.7 Å². The Morgan fingerprint density at radius 1 is 1.25 bits per heavy atom. The summed E-state index contributed by atoms with van der Waals surface area (Å²) in [6.07, 6.45) is 2.30. The van der Waals surface area contributed by atoms with Crippen LogP contribution in [0, 0.1) is 13.8 Å². The molecule has 6 nitrogen and oxygen atoms in total. The molecule has 0 N–H and O–H groups in total. The number of anilines is 1. The lowest BCUT2D eigenvalue weighted by Crippen LogP contribution is -2.47. The zero-order valence-electron chi connectivity index (χ0n) is 12.4. The van der Waals surface area contributed by atoms with E-state index < -0.39 is 0 Å². The zero-order chi connectivity index (χ0) is 14.5. The van der Waals surface area contributed by atoms with Crippen molar-refractivity contribution in [1.29, 1.82) is 0 Å². The number of esters is 1. The van der Waals surface area contributed by atoms with Crippen molar-refractivity contribution in [1.82, 2.24) is 14.9 Å². The van der Waals surface area contributed by atoms with E-state index in [1.165, 1.54) is 7.11 Å². The van der Waals surface area contributed by atoms with Gasteiger partial charge in [-0.2, -0.15) is 0 Å². The van der Waals surface area contributed by atoms with E-state index in [2.05, 4.69) is 24.5 Å². The molecule has 1 aromatic heterocycles. The van der Waals surface area contributed by atoms with Crippen LogP contribution in [0.5, 0.6) is 0 Å². The molecule has 1 aliphatic heterocycles. The van der Waals surface area contributed by atoms with Crippen molar-refractivity contribution >= 4 is 11.8 Å². The Hall–Kier alpha value is -1.69. The third kappa shape index (κ3) is 3.66. The first-order valence-electron chi connectivity index (χ1n) is 6.94. The largest absolute Gasteiger partial charge is 0.469 e. The molecule has 1 saturated heterocycles. The van der Waals surface area contributed by atoms with Gasteiger partial charge in [0.05, 0.1) is 31.1 Å². The molecule has 1 aliphatic rings.